The highest BCUT2D eigenvalue weighted by Crippen LogP contribution is 2.46. The predicted molar refractivity (Wildman–Crippen MR) is 236 cm³/mol. The summed E-state index contributed by atoms with van der Waals surface area (Å²) in [5, 5.41) is 15.8. The summed E-state index contributed by atoms with van der Waals surface area (Å²) in [4.78, 5) is 65.2. The maximum Gasteiger partial charge on any atom is 0.408 e. The summed E-state index contributed by atoms with van der Waals surface area (Å²) in [6.45, 7) is 15.9. The number of likely N-dealkylation sites (tertiary alicyclic amines) is 1. The first-order valence-corrected chi connectivity index (χ1v) is 22.2. The number of para-hydroxylation sites is 1. The zero-order valence-corrected chi connectivity index (χ0v) is 37.9. The van der Waals surface area contributed by atoms with E-state index in [9.17, 15) is 32.7 Å². The lowest BCUT2D eigenvalue weighted by atomic mass is 9.83. The van der Waals surface area contributed by atoms with Crippen LogP contribution in [-0.4, -0.2) is 106 Å². The Morgan fingerprint density at radius 2 is 1.73 bits per heavy atom. The van der Waals surface area contributed by atoms with E-state index in [-0.39, 0.29) is 55.9 Å². The summed E-state index contributed by atoms with van der Waals surface area (Å²) in [7, 11) is -3.94. The summed E-state index contributed by atoms with van der Waals surface area (Å²) in [6.07, 6.45) is 0.848. The lowest BCUT2D eigenvalue weighted by Crippen LogP contribution is -2.58. The fourth-order valence-corrected chi connectivity index (χ4v) is 9.30. The van der Waals surface area contributed by atoms with Gasteiger partial charge in [-0.25, -0.2) is 23.0 Å². The monoisotopic (exact) mass is 910 g/mol. The number of hydrogen-bond donors (Lipinski definition) is 4. The van der Waals surface area contributed by atoms with Crippen LogP contribution in [0.15, 0.2) is 65.6 Å². The molecule has 2 aliphatic carbocycles. The second-order valence-corrected chi connectivity index (χ2v) is 20.3. The number of aromatic nitrogens is 2. The SMILES string of the molecule is C=C[C@@H]1CC1(NC(=O)C1CC(Oc2nc(-c3ccc(OC(C)C)cc3)nc3c2oc2ccccc23)CN1CC(C)(C)[C@H](NC(=O)OC(C)(C)C)C(=O)O)C(=O)NS(=O)(=O)C1CC1.Cl. The van der Waals surface area contributed by atoms with Gasteiger partial charge < -0.3 is 34.4 Å². The standard InChI is InChI=1S/C44H54N6O11S.ClH/c1-9-26-21-44(26,40(54)49-62(56,57)29-18-19-29)48-37(51)31-20-28(22-50(31)23-43(7,8)35(39(52)53)46-41(55)61-42(4,5)6)59-38-34-33(30-12-10-11-13-32(30)60-34)45-36(47-38)25-14-16-27(17-15-25)58-24(2)3;/h9-17,24,26,28-29,31,35H,1,18-23H2,2-8H3,(H,46,55)(H,48,51)(H,49,54)(H,52,53);1H/t26-,28?,31?,35-,44?;/m1./s1. The second kappa shape index (κ2) is 17.6. The number of ether oxygens (including phenoxy) is 3. The van der Waals surface area contributed by atoms with Crippen molar-refractivity contribution >= 4 is 68.4 Å². The molecule has 3 heterocycles. The smallest absolute Gasteiger partial charge is 0.408 e. The number of amides is 3. The number of carboxylic acids is 1. The van der Waals surface area contributed by atoms with Crippen LogP contribution < -0.4 is 24.8 Å². The Hall–Kier alpha value is -5.46. The first-order chi connectivity index (χ1) is 29.1. The number of alkyl carbamates (subject to hydrolysis) is 1. The number of sulfonamides is 1. The highest BCUT2D eigenvalue weighted by molar-refractivity contribution is 7.91. The molecule has 2 saturated carbocycles. The molecule has 0 bridgehead atoms. The number of aliphatic carboxylic acids is 1. The Morgan fingerprint density at radius 1 is 1.05 bits per heavy atom. The summed E-state index contributed by atoms with van der Waals surface area (Å²) < 4.78 is 52.0. The molecule has 3 unspecified atom stereocenters. The maximum atomic E-state index is 14.5. The van der Waals surface area contributed by atoms with Crippen LogP contribution in [0.25, 0.3) is 33.5 Å². The molecule has 3 amide bonds. The molecule has 7 rings (SSSR count). The molecule has 17 nitrogen and oxygen atoms in total. The van der Waals surface area contributed by atoms with Gasteiger partial charge in [-0.2, -0.15) is 4.98 Å². The van der Waals surface area contributed by atoms with Gasteiger partial charge in [-0.05, 0) is 90.3 Å². The van der Waals surface area contributed by atoms with E-state index in [0.717, 1.165) is 5.39 Å². The normalized spacial score (nSPS) is 21.9. The molecule has 1 saturated heterocycles. The second-order valence-electron chi connectivity index (χ2n) is 18.3. The summed E-state index contributed by atoms with van der Waals surface area (Å²) >= 11 is 0. The van der Waals surface area contributed by atoms with Crippen LogP contribution in [0, 0.1) is 11.3 Å². The van der Waals surface area contributed by atoms with Crippen LogP contribution in [0.3, 0.4) is 0 Å². The number of carboxylic acid groups (broad SMARTS) is 1. The molecule has 4 N–H and O–H groups in total. The Balaban J connectivity index is 0.00000661. The Morgan fingerprint density at radius 3 is 2.33 bits per heavy atom. The molecular formula is C44H55ClN6O11S. The zero-order valence-electron chi connectivity index (χ0n) is 36.3. The number of halogens is 1. The van der Waals surface area contributed by atoms with Crippen molar-refractivity contribution in [3.63, 3.8) is 0 Å². The maximum absolute atomic E-state index is 14.5. The van der Waals surface area contributed by atoms with Crippen molar-refractivity contribution in [1.29, 1.82) is 0 Å². The molecule has 3 fully saturated rings. The first-order valence-electron chi connectivity index (χ1n) is 20.7. The van der Waals surface area contributed by atoms with Gasteiger partial charge in [-0.3, -0.25) is 19.2 Å². The Bertz CT molecular complexity index is 2520. The van der Waals surface area contributed by atoms with Crippen LogP contribution >= 0.6 is 12.4 Å². The highest BCUT2D eigenvalue weighted by Gasteiger charge is 2.62. The van der Waals surface area contributed by atoms with Crippen molar-refractivity contribution in [2.75, 3.05) is 13.1 Å². The van der Waals surface area contributed by atoms with Crippen LogP contribution in [-0.2, 0) is 29.1 Å². The third-order valence-corrected chi connectivity index (χ3v) is 13.0. The third kappa shape index (κ3) is 10.3. The predicted octanol–water partition coefficient (Wildman–Crippen LogP) is 5.75. The highest BCUT2D eigenvalue weighted by atomic mass is 35.5. The number of furan rings is 1. The Kier molecular flexibility index (Phi) is 13.1. The quantitative estimate of drug-likeness (QED) is 0.0983. The van der Waals surface area contributed by atoms with E-state index in [1.54, 1.807) is 45.6 Å². The molecule has 3 aliphatic rings. The molecule has 5 atom stereocenters. The minimum absolute atomic E-state index is 0. The van der Waals surface area contributed by atoms with Crippen LogP contribution in [0.4, 0.5) is 4.79 Å². The molecule has 0 radical (unpaired) electrons. The van der Waals surface area contributed by atoms with Crippen LogP contribution in [0.1, 0.15) is 74.1 Å². The van der Waals surface area contributed by atoms with Gasteiger partial charge in [0.25, 0.3) is 11.8 Å². The molecule has 4 aromatic rings. The van der Waals surface area contributed by atoms with E-state index in [1.807, 2.05) is 56.3 Å². The number of carbonyl (C=O) groups is 4. The lowest BCUT2D eigenvalue weighted by molar-refractivity contribution is -0.143. The third-order valence-electron chi connectivity index (χ3n) is 11.2. The minimum atomic E-state index is -3.94. The van der Waals surface area contributed by atoms with Crippen molar-refractivity contribution in [1.82, 2.24) is 30.2 Å². The lowest BCUT2D eigenvalue weighted by Gasteiger charge is -2.37. The van der Waals surface area contributed by atoms with Gasteiger partial charge in [-0.15, -0.1) is 19.0 Å². The van der Waals surface area contributed by atoms with Gasteiger partial charge in [-0.1, -0.05) is 32.1 Å². The van der Waals surface area contributed by atoms with E-state index in [4.69, 9.17) is 28.6 Å². The molecule has 0 spiro atoms. The number of carbonyl (C=O) groups excluding carboxylic acids is 3. The van der Waals surface area contributed by atoms with Crippen molar-refractivity contribution in [3.05, 3.63) is 61.2 Å². The van der Waals surface area contributed by atoms with Gasteiger partial charge in [0.1, 0.15) is 40.1 Å². The van der Waals surface area contributed by atoms with E-state index < -0.39 is 79.8 Å². The van der Waals surface area contributed by atoms with Gasteiger partial charge >= 0.3 is 12.1 Å². The van der Waals surface area contributed by atoms with Gasteiger partial charge in [0, 0.05) is 41.8 Å². The first kappa shape index (κ1) is 47.0. The molecule has 2 aromatic carbocycles. The number of nitrogens with zero attached hydrogens (tertiary/aromatic N) is 3. The van der Waals surface area contributed by atoms with Crippen molar-refractivity contribution in [2.24, 2.45) is 11.3 Å². The molecule has 19 heteroatoms. The van der Waals surface area contributed by atoms with Gasteiger partial charge in [0.2, 0.25) is 21.5 Å². The average Bonchev–Trinajstić information content (AvgIpc) is 4.09. The largest absolute Gasteiger partial charge is 0.491 e. The zero-order chi connectivity index (χ0) is 44.9. The summed E-state index contributed by atoms with van der Waals surface area (Å²) in [5.41, 5.74) is -1.68. The number of hydrogen-bond acceptors (Lipinski definition) is 13. The number of nitrogens with one attached hydrogen (secondary N) is 3. The van der Waals surface area contributed by atoms with Crippen LogP contribution in [0.2, 0.25) is 0 Å². The number of rotatable bonds is 16. The van der Waals surface area contributed by atoms with E-state index in [1.165, 1.54) is 6.08 Å². The molecule has 63 heavy (non-hydrogen) atoms. The molecule has 340 valence electrons. The number of fused-ring (bicyclic) bond motifs is 3. The van der Waals surface area contributed by atoms with Crippen LogP contribution in [0.5, 0.6) is 11.6 Å². The van der Waals surface area contributed by atoms with E-state index in [2.05, 4.69) is 21.9 Å². The Labute approximate surface area is 372 Å². The fourth-order valence-electron chi connectivity index (χ4n) is 7.93. The van der Waals surface area contributed by atoms with E-state index >= 15 is 0 Å². The fraction of sp³-hybridized carbons (Fsp3) is 0.500. The minimum Gasteiger partial charge on any atom is -0.491 e. The van der Waals surface area contributed by atoms with E-state index in [0.29, 0.717) is 41.1 Å². The van der Waals surface area contributed by atoms with Gasteiger partial charge in [0.05, 0.1) is 17.4 Å². The average molecular weight is 911 g/mol. The molecule has 2 aromatic heterocycles. The van der Waals surface area contributed by atoms with Crippen molar-refractivity contribution in [2.45, 2.75) is 115 Å². The van der Waals surface area contributed by atoms with Crippen molar-refractivity contribution in [3.8, 4) is 23.0 Å². The molecular weight excluding hydrogens is 856 g/mol. The topological polar surface area (TPSA) is 229 Å². The number of benzene rings is 2. The summed E-state index contributed by atoms with van der Waals surface area (Å²) in [5.74, 6) is -2.19. The summed E-state index contributed by atoms with van der Waals surface area (Å²) in [6, 6.07) is 12.2. The van der Waals surface area contributed by atoms with Gasteiger partial charge in [0.15, 0.2) is 5.82 Å². The molecule has 1 aliphatic heterocycles. The van der Waals surface area contributed by atoms with Crippen molar-refractivity contribution < 1.29 is 51.3 Å².